The molecule has 0 saturated heterocycles. The maximum Gasteiger partial charge on any atom is 0.305 e. The van der Waals surface area contributed by atoms with Crippen LogP contribution in [0.5, 0.6) is 0 Å². The number of allylic oxidation sites excluding steroid dienone is 4. The van der Waals surface area contributed by atoms with Crippen LogP contribution >= 0.6 is 0 Å². The predicted octanol–water partition coefficient (Wildman–Crippen LogP) is 20.6. The van der Waals surface area contributed by atoms with Crippen LogP contribution in [0, 0.1) is 0 Å². The highest BCUT2D eigenvalue weighted by Crippen LogP contribution is 2.18. The van der Waals surface area contributed by atoms with E-state index in [1.807, 2.05) is 0 Å². The van der Waals surface area contributed by atoms with Gasteiger partial charge in [0, 0.05) is 12.8 Å². The maximum absolute atomic E-state index is 12.5. The van der Waals surface area contributed by atoms with Gasteiger partial charge in [-0.2, -0.15) is 0 Å². The molecular weight excluding hydrogens is 887 g/mol. The van der Waals surface area contributed by atoms with Crippen LogP contribution in [0.4, 0.5) is 0 Å². The zero-order chi connectivity index (χ0) is 52.2. The number of carbonyl (C=O) groups is 2. The van der Waals surface area contributed by atoms with Gasteiger partial charge in [-0.1, -0.05) is 295 Å². The van der Waals surface area contributed by atoms with Crippen molar-refractivity contribution in [2.45, 2.75) is 373 Å². The number of rotatable bonds is 61. The van der Waals surface area contributed by atoms with Crippen molar-refractivity contribution >= 4 is 11.9 Å². The Morgan fingerprint density at radius 1 is 0.375 bits per heavy atom. The van der Waals surface area contributed by atoms with Crippen molar-refractivity contribution in [3.63, 3.8) is 0 Å². The standard InChI is InChI=1S/C66H127NO5/c1-3-5-7-9-11-13-15-17-18-19-26-29-32-35-38-42-46-50-54-58-64(69)63(62-68)67-65(70)59-55-51-47-43-39-36-33-30-27-24-22-20-21-23-25-28-31-34-37-41-45-49-53-57-61-72-66(71)60-56-52-48-44-40-16-14-12-10-8-6-4-2/h12,14,22,24,63-64,68-69H,3-11,13,15-21,23,25-62H2,1-2H3,(H,67,70)/b14-12-,24-22-. The van der Waals surface area contributed by atoms with Crippen molar-refractivity contribution in [2.24, 2.45) is 0 Å². The summed E-state index contributed by atoms with van der Waals surface area (Å²) in [4.78, 5) is 24.5. The molecule has 72 heavy (non-hydrogen) atoms. The molecule has 0 fully saturated rings. The molecule has 0 aliphatic heterocycles. The molecule has 3 N–H and O–H groups in total. The Morgan fingerprint density at radius 2 is 0.653 bits per heavy atom. The number of unbranched alkanes of at least 4 members (excludes halogenated alkanes) is 46. The lowest BCUT2D eigenvalue weighted by Crippen LogP contribution is -2.45. The predicted molar refractivity (Wildman–Crippen MR) is 315 cm³/mol. The van der Waals surface area contributed by atoms with Crippen molar-refractivity contribution < 1.29 is 24.5 Å². The fourth-order valence-electron chi connectivity index (χ4n) is 10.2. The SMILES string of the molecule is CCCCC/C=C\CCCCCCCC(=O)OCCCCCCCCCCCCCC/C=C\CCCCCCCCCCC(=O)NC(CO)C(O)CCCCCCCCCCCCCCCCCCCCC. The summed E-state index contributed by atoms with van der Waals surface area (Å²) in [6.07, 6.45) is 76.3. The van der Waals surface area contributed by atoms with E-state index in [4.69, 9.17) is 4.74 Å². The minimum Gasteiger partial charge on any atom is -0.466 e. The number of hydrogen-bond donors (Lipinski definition) is 3. The maximum atomic E-state index is 12.5. The van der Waals surface area contributed by atoms with E-state index in [0.717, 1.165) is 44.9 Å². The fraction of sp³-hybridized carbons (Fsp3) is 0.909. The lowest BCUT2D eigenvalue weighted by Gasteiger charge is -2.22. The number of nitrogens with one attached hydrogen (secondary N) is 1. The van der Waals surface area contributed by atoms with E-state index >= 15 is 0 Å². The van der Waals surface area contributed by atoms with E-state index in [1.165, 1.54) is 283 Å². The van der Waals surface area contributed by atoms with Crippen LogP contribution < -0.4 is 5.32 Å². The molecule has 6 nitrogen and oxygen atoms in total. The van der Waals surface area contributed by atoms with Crippen molar-refractivity contribution in [1.29, 1.82) is 0 Å². The molecule has 6 heteroatoms. The Kier molecular flexibility index (Phi) is 60.5. The van der Waals surface area contributed by atoms with Crippen LogP contribution in [-0.4, -0.2) is 47.4 Å². The summed E-state index contributed by atoms with van der Waals surface area (Å²) in [5, 5.41) is 23.4. The Hall–Kier alpha value is -1.66. The fourth-order valence-corrected chi connectivity index (χ4v) is 10.2. The van der Waals surface area contributed by atoms with Crippen LogP contribution in [0.3, 0.4) is 0 Å². The Labute approximate surface area is 450 Å². The van der Waals surface area contributed by atoms with E-state index in [-0.39, 0.29) is 18.5 Å². The van der Waals surface area contributed by atoms with Crippen molar-refractivity contribution in [3.8, 4) is 0 Å². The first-order valence-electron chi connectivity index (χ1n) is 32.6. The number of aliphatic hydroxyl groups excluding tert-OH is 2. The van der Waals surface area contributed by atoms with Gasteiger partial charge in [0.05, 0.1) is 25.4 Å². The van der Waals surface area contributed by atoms with Gasteiger partial charge in [0.1, 0.15) is 0 Å². The highest BCUT2D eigenvalue weighted by Gasteiger charge is 2.20. The van der Waals surface area contributed by atoms with Gasteiger partial charge in [0.15, 0.2) is 0 Å². The smallest absolute Gasteiger partial charge is 0.305 e. The van der Waals surface area contributed by atoms with Crippen LogP contribution in [0.1, 0.15) is 361 Å². The summed E-state index contributed by atoms with van der Waals surface area (Å²) < 4.78 is 5.47. The molecule has 0 saturated carbocycles. The molecule has 426 valence electrons. The summed E-state index contributed by atoms with van der Waals surface area (Å²) in [5.74, 6) is -0.0334. The molecular formula is C66H127NO5. The van der Waals surface area contributed by atoms with Crippen LogP contribution in [0.2, 0.25) is 0 Å². The van der Waals surface area contributed by atoms with E-state index < -0.39 is 12.1 Å². The van der Waals surface area contributed by atoms with Gasteiger partial charge in [-0.25, -0.2) is 0 Å². The zero-order valence-electron chi connectivity index (χ0n) is 48.7. The topological polar surface area (TPSA) is 95.9 Å². The molecule has 0 aromatic carbocycles. The summed E-state index contributed by atoms with van der Waals surface area (Å²) in [5.41, 5.74) is 0. The molecule has 0 bridgehead atoms. The van der Waals surface area contributed by atoms with Gasteiger partial charge in [-0.3, -0.25) is 9.59 Å². The Balaban J connectivity index is 3.41. The first kappa shape index (κ1) is 70.3. The van der Waals surface area contributed by atoms with Crippen LogP contribution in [-0.2, 0) is 14.3 Å². The van der Waals surface area contributed by atoms with Gasteiger partial charge in [0.2, 0.25) is 5.91 Å². The lowest BCUT2D eigenvalue weighted by atomic mass is 10.0. The molecule has 0 spiro atoms. The Morgan fingerprint density at radius 3 is 1.01 bits per heavy atom. The highest BCUT2D eigenvalue weighted by atomic mass is 16.5. The molecule has 2 unspecified atom stereocenters. The second kappa shape index (κ2) is 61.9. The summed E-state index contributed by atoms with van der Waals surface area (Å²) in [7, 11) is 0. The van der Waals surface area contributed by atoms with E-state index in [9.17, 15) is 19.8 Å². The molecule has 0 aliphatic rings. The first-order chi connectivity index (χ1) is 35.5. The average molecular weight is 1010 g/mol. The molecule has 2 atom stereocenters. The number of esters is 1. The zero-order valence-corrected chi connectivity index (χ0v) is 48.7. The van der Waals surface area contributed by atoms with Gasteiger partial charge < -0.3 is 20.3 Å². The molecule has 0 heterocycles. The quantitative estimate of drug-likeness (QED) is 0.0320. The number of aliphatic hydroxyl groups is 2. The number of carbonyl (C=O) groups excluding carboxylic acids is 2. The molecule has 0 aromatic heterocycles. The third kappa shape index (κ3) is 57.6. The van der Waals surface area contributed by atoms with E-state index in [0.29, 0.717) is 25.9 Å². The normalized spacial score (nSPS) is 12.7. The van der Waals surface area contributed by atoms with Gasteiger partial charge in [-0.15, -0.1) is 0 Å². The van der Waals surface area contributed by atoms with Gasteiger partial charge in [0.25, 0.3) is 0 Å². The molecule has 1 amide bonds. The minimum atomic E-state index is -0.668. The average Bonchev–Trinajstić information content (AvgIpc) is 3.38. The van der Waals surface area contributed by atoms with Crippen molar-refractivity contribution in [1.82, 2.24) is 5.32 Å². The third-order valence-corrected chi connectivity index (χ3v) is 15.2. The summed E-state index contributed by atoms with van der Waals surface area (Å²) >= 11 is 0. The number of amides is 1. The minimum absolute atomic E-state index is 0.00291. The third-order valence-electron chi connectivity index (χ3n) is 15.2. The Bertz CT molecular complexity index is 1120. The van der Waals surface area contributed by atoms with Gasteiger partial charge >= 0.3 is 5.97 Å². The van der Waals surface area contributed by atoms with Crippen molar-refractivity contribution in [3.05, 3.63) is 24.3 Å². The van der Waals surface area contributed by atoms with Gasteiger partial charge in [-0.05, 0) is 77.0 Å². The molecule has 0 radical (unpaired) electrons. The van der Waals surface area contributed by atoms with E-state index in [2.05, 4.69) is 43.5 Å². The monoisotopic (exact) mass is 1010 g/mol. The second-order valence-electron chi connectivity index (χ2n) is 22.4. The van der Waals surface area contributed by atoms with Crippen molar-refractivity contribution in [2.75, 3.05) is 13.2 Å². The van der Waals surface area contributed by atoms with E-state index in [1.54, 1.807) is 0 Å². The highest BCUT2D eigenvalue weighted by molar-refractivity contribution is 5.76. The largest absolute Gasteiger partial charge is 0.466 e. The molecule has 0 rings (SSSR count). The first-order valence-corrected chi connectivity index (χ1v) is 32.6. The van der Waals surface area contributed by atoms with Crippen LogP contribution in [0.15, 0.2) is 24.3 Å². The number of hydrogen-bond acceptors (Lipinski definition) is 5. The molecule has 0 aliphatic carbocycles. The second-order valence-corrected chi connectivity index (χ2v) is 22.4. The van der Waals surface area contributed by atoms with Crippen LogP contribution in [0.25, 0.3) is 0 Å². The molecule has 0 aromatic rings. The lowest BCUT2D eigenvalue weighted by molar-refractivity contribution is -0.143. The summed E-state index contributed by atoms with van der Waals surface area (Å²) in [6.45, 7) is 4.95. The number of ether oxygens (including phenoxy) is 1. The summed E-state index contributed by atoms with van der Waals surface area (Å²) in [6, 6.07) is -0.545.